The number of hydrogen-bond donors (Lipinski definition) is 1. The molecule has 2 rings (SSSR count). The van der Waals surface area contributed by atoms with E-state index < -0.39 is 0 Å². The third kappa shape index (κ3) is 3.32. The van der Waals surface area contributed by atoms with Crippen molar-refractivity contribution in [1.29, 1.82) is 0 Å². The van der Waals surface area contributed by atoms with E-state index in [4.69, 9.17) is 10.5 Å². The molecule has 0 saturated heterocycles. The van der Waals surface area contributed by atoms with Crippen LogP contribution in [0.2, 0.25) is 0 Å². The summed E-state index contributed by atoms with van der Waals surface area (Å²) in [5.41, 5.74) is 7.87. The minimum absolute atomic E-state index is 0.0934. The first-order chi connectivity index (χ1) is 9.51. The van der Waals surface area contributed by atoms with E-state index in [0.29, 0.717) is 23.5 Å². The lowest BCUT2D eigenvalue weighted by molar-refractivity contribution is 0.0782. The van der Waals surface area contributed by atoms with Gasteiger partial charge in [-0.1, -0.05) is 0 Å². The molecule has 1 aromatic heterocycles. The highest BCUT2D eigenvalue weighted by atomic mass is 79.9. The summed E-state index contributed by atoms with van der Waals surface area (Å²) in [4.78, 5) is 14.1. The molecule has 0 spiro atoms. The number of nitrogen functional groups attached to an aromatic ring is 1. The molecule has 0 aliphatic carbocycles. The highest BCUT2D eigenvalue weighted by Gasteiger charge is 2.17. The lowest BCUT2D eigenvalue weighted by Crippen LogP contribution is -2.26. The topological polar surface area (TPSA) is 55.6 Å². The van der Waals surface area contributed by atoms with Gasteiger partial charge in [0.15, 0.2) is 0 Å². The first-order valence-electron chi connectivity index (χ1n) is 5.93. The van der Waals surface area contributed by atoms with Gasteiger partial charge in [0.05, 0.1) is 16.5 Å². The van der Waals surface area contributed by atoms with Crippen molar-refractivity contribution in [3.63, 3.8) is 0 Å². The zero-order chi connectivity index (χ0) is 14.7. The fourth-order valence-corrected chi connectivity index (χ4v) is 3.06. The molecule has 4 nitrogen and oxygen atoms in total. The smallest absolute Gasteiger partial charge is 0.257 e. The van der Waals surface area contributed by atoms with Crippen LogP contribution in [-0.2, 0) is 6.54 Å². The quantitative estimate of drug-likeness (QED) is 0.856. The van der Waals surface area contributed by atoms with Gasteiger partial charge in [-0.25, -0.2) is 0 Å². The molecule has 20 heavy (non-hydrogen) atoms. The molecule has 0 fully saturated rings. The fraction of sp³-hybridized carbons (Fsp3) is 0.214. The SMILES string of the molecule is COc1cc(N)ccc1C(=O)N(C)Cc1csc(Br)c1. The van der Waals surface area contributed by atoms with Gasteiger partial charge < -0.3 is 15.4 Å². The monoisotopic (exact) mass is 354 g/mol. The predicted octanol–water partition coefficient (Wildman–Crippen LogP) is 3.37. The second-order valence-electron chi connectivity index (χ2n) is 4.38. The Morgan fingerprint density at radius 3 is 2.80 bits per heavy atom. The average Bonchev–Trinajstić information content (AvgIpc) is 2.83. The lowest BCUT2D eigenvalue weighted by atomic mass is 10.1. The van der Waals surface area contributed by atoms with Crippen molar-refractivity contribution in [3.05, 3.63) is 44.6 Å². The Morgan fingerprint density at radius 1 is 1.45 bits per heavy atom. The van der Waals surface area contributed by atoms with Gasteiger partial charge in [0, 0.05) is 25.3 Å². The number of nitrogens with two attached hydrogens (primary N) is 1. The summed E-state index contributed by atoms with van der Waals surface area (Å²) < 4.78 is 6.27. The maximum absolute atomic E-state index is 12.4. The van der Waals surface area contributed by atoms with Crippen molar-refractivity contribution in [2.45, 2.75) is 6.54 Å². The maximum atomic E-state index is 12.4. The van der Waals surface area contributed by atoms with Crippen molar-refractivity contribution < 1.29 is 9.53 Å². The van der Waals surface area contributed by atoms with Gasteiger partial charge >= 0.3 is 0 Å². The Balaban J connectivity index is 2.18. The third-order valence-electron chi connectivity index (χ3n) is 2.84. The molecular weight excluding hydrogens is 340 g/mol. The van der Waals surface area contributed by atoms with Crippen LogP contribution >= 0.6 is 27.3 Å². The van der Waals surface area contributed by atoms with E-state index in [1.165, 1.54) is 7.11 Å². The van der Waals surface area contributed by atoms with Crippen LogP contribution in [0.25, 0.3) is 0 Å². The van der Waals surface area contributed by atoms with Crippen molar-refractivity contribution in [1.82, 2.24) is 4.90 Å². The van der Waals surface area contributed by atoms with Crippen LogP contribution in [0.5, 0.6) is 5.75 Å². The number of amides is 1. The standard InChI is InChI=1S/C14H15BrN2O2S/c1-17(7-9-5-13(15)20-8-9)14(18)11-4-3-10(16)6-12(11)19-2/h3-6,8H,7,16H2,1-2H3. The molecule has 0 bridgehead atoms. The number of hydrogen-bond acceptors (Lipinski definition) is 4. The number of carbonyl (C=O) groups excluding carboxylic acids is 1. The van der Waals surface area contributed by atoms with Gasteiger partial charge in [-0.3, -0.25) is 4.79 Å². The molecule has 1 amide bonds. The van der Waals surface area contributed by atoms with Crippen molar-refractivity contribution in [2.75, 3.05) is 19.9 Å². The average molecular weight is 355 g/mol. The zero-order valence-electron chi connectivity index (χ0n) is 11.2. The number of ether oxygens (including phenoxy) is 1. The predicted molar refractivity (Wildman–Crippen MR) is 85.2 cm³/mol. The second kappa shape index (κ2) is 6.28. The number of rotatable bonds is 4. The number of methoxy groups -OCH3 is 1. The van der Waals surface area contributed by atoms with Crippen LogP contribution in [-0.4, -0.2) is 25.0 Å². The van der Waals surface area contributed by atoms with E-state index in [9.17, 15) is 4.79 Å². The number of carbonyl (C=O) groups is 1. The van der Waals surface area contributed by atoms with Crippen molar-refractivity contribution in [2.24, 2.45) is 0 Å². The Morgan fingerprint density at radius 2 is 2.20 bits per heavy atom. The molecule has 106 valence electrons. The Kier molecular flexibility index (Phi) is 4.67. The minimum atomic E-state index is -0.0934. The summed E-state index contributed by atoms with van der Waals surface area (Å²) in [6.07, 6.45) is 0. The van der Waals surface area contributed by atoms with Crippen molar-refractivity contribution in [3.8, 4) is 5.75 Å². The fourth-order valence-electron chi connectivity index (χ4n) is 1.86. The largest absolute Gasteiger partial charge is 0.496 e. The zero-order valence-corrected chi connectivity index (χ0v) is 13.6. The number of nitrogens with zero attached hydrogens (tertiary/aromatic N) is 1. The summed E-state index contributed by atoms with van der Waals surface area (Å²) in [6, 6.07) is 7.05. The van der Waals surface area contributed by atoms with E-state index in [1.54, 1.807) is 41.5 Å². The molecule has 0 aliphatic rings. The van der Waals surface area contributed by atoms with Crippen LogP contribution in [0.3, 0.4) is 0 Å². The normalized spacial score (nSPS) is 10.3. The van der Waals surface area contributed by atoms with Gasteiger partial charge in [0.25, 0.3) is 5.91 Å². The molecular formula is C14H15BrN2O2S. The summed E-state index contributed by atoms with van der Waals surface area (Å²) in [5.74, 6) is 0.400. The number of benzene rings is 1. The summed E-state index contributed by atoms with van der Waals surface area (Å²) in [5, 5.41) is 2.02. The molecule has 2 N–H and O–H groups in total. The molecule has 0 atom stereocenters. The van der Waals surface area contributed by atoms with Crippen LogP contribution < -0.4 is 10.5 Å². The summed E-state index contributed by atoms with van der Waals surface area (Å²) >= 11 is 5.02. The highest BCUT2D eigenvalue weighted by Crippen LogP contribution is 2.25. The lowest BCUT2D eigenvalue weighted by Gasteiger charge is -2.18. The Bertz CT molecular complexity index is 627. The number of halogens is 1. The van der Waals surface area contributed by atoms with Crippen LogP contribution in [0.4, 0.5) is 5.69 Å². The van der Waals surface area contributed by atoms with E-state index in [2.05, 4.69) is 15.9 Å². The second-order valence-corrected chi connectivity index (χ2v) is 6.67. The van der Waals surface area contributed by atoms with E-state index >= 15 is 0 Å². The van der Waals surface area contributed by atoms with E-state index in [1.807, 2.05) is 11.4 Å². The summed E-state index contributed by atoms with van der Waals surface area (Å²) in [6.45, 7) is 0.550. The summed E-state index contributed by atoms with van der Waals surface area (Å²) in [7, 11) is 3.30. The van der Waals surface area contributed by atoms with E-state index in [0.717, 1.165) is 9.35 Å². The molecule has 0 unspecified atom stereocenters. The van der Waals surface area contributed by atoms with Crippen molar-refractivity contribution >= 4 is 38.9 Å². The van der Waals surface area contributed by atoms with Crippen LogP contribution in [0, 0.1) is 0 Å². The van der Waals surface area contributed by atoms with E-state index in [-0.39, 0.29) is 5.91 Å². The first kappa shape index (κ1) is 14.9. The molecule has 0 saturated carbocycles. The molecule has 1 aromatic carbocycles. The Hall–Kier alpha value is -1.53. The van der Waals surface area contributed by atoms with Gasteiger partial charge in [-0.2, -0.15) is 0 Å². The van der Waals surface area contributed by atoms with Gasteiger partial charge in [-0.15, -0.1) is 11.3 Å². The Labute approximate surface area is 130 Å². The first-order valence-corrected chi connectivity index (χ1v) is 7.60. The molecule has 0 radical (unpaired) electrons. The highest BCUT2D eigenvalue weighted by molar-refractivity contribution is 9.11. The van der Waals surface area contributed by atoms with Crippen LogP contribution in [0.15, 0.2) is 33.4 Å². The molecule has 2 aromatic rings. The third-order valence-corrected chi connectivity index (χ3v) is 4.40. The molecule has 1 heterocycles. The van der Waals surface area contributed by atoms with Gasteiger partial charge in [0.1, 0.15) is 5.75 Å². The van der Waals surface area contributed by atoms with Gasteiger partial charge in [-0.05, 0) is 45.1 Å². The number of thiophene rings is 1. The van der Waals surface area contributed by atoms with Gasteiger partial charge in [0.2, 0.25) is 0 Å². The maximum Gasteiger partial charge on any atom is 0.257 e. The number of anilines is 1. The molecule has 0 aliphatic heterocycles. The molecule has 6 heteroatoms. The van der Waals surface area contributed by atoms with Crippen LogP contribution in [0.1, 0.15) is 15.9 Å². The minimum Gasteiger partial charge on any atom is -0.496 e.